The van der Waals surface area contributed by atoms with E-state index in [0.717, 1.165) is 28.1 Å². The number of ether oxygens (including phenoxy) is 1. The molecular formula is C35H34F3N3O8S2. The van der Waals surface area contributed by atoms with Crippen LogP contribution in [0.25, 0.3) is 0 Å². The Bertz CT molecular complexity index is 2220. The van der Waals surface area contributed by atoms with Crippen molar-refractivity contribution in [3.8, 4) is 5.75 Å². The Balaban J connectivity index is 1.63. The number of carbonyl (C=O) groups excluding carboxylic acids is 1. The number of hydrogen-bond donors (Lipinski definition) is 2. The first kappa shape index (κ1) is 37.2. The molecule has 4 aromatic rings. The van der Waals surface area contributed by atoms with Gasteiger partial charge in [0, 0.05) is 17.8 Å². The van der Waals surface area contributed by atoms with E-state index in [9.17, 15) is 44.7 Å². The Morgan fingerprint density at radius 1 is 0.941 bits per heavy atom. The second-order valence-corrected chi connectivity index (χ2v) is 15.4. The second-order valence-electron chi connectivity index (χ2n) is 12.0. The average molecular weight is 746 g/mol. The number of carbonyl (C=O) groups is 2. The highest BCUT2D eigenvalue weighted by molar-refractivity contribution is 7.93. The van der Waals surface area contributed by atoms with Crippen LogP contribution in [-0.4, -0.2) is 54.0 Å². The van der Waals surface area contributed by atoms with Gasteiger partial charge in [-0.3, -0.25) is 13.9 Å². The van der Waals surface area contributed by atoms with Crippen LogP contribution in [-0.2, 0) is 42.2 Å². The molecule has 1 unspecified atom stereocenters. The van der Waals surface area contributed by atoms with Gasteiger partial charge >= 0.3 is 12.1 Å². The van der Waals surface area contributed by atoms with Gasteiger partial charge in [-0.15, -0.1) is 0 Å². The van der Waals surface area contributed by atoms with Crippen LogP contribution in [0.15, 0.2) is 88.7 Å². The fourth-order valence-electron chi connectivity index (χ4n) is 6.51. The predicted octanol–water partition coefficient (Wildman–Crippen LogP) is 5.53. The second kappa shape index (κ2) is 13.9. The van der Waals surface area contributed by atoms with Crippen molar-refractivity contribution in [1.29, 1.82) is 0 Å². The number of fused-ring (bicyclic) bond motifs is 1. The first-order chi connectivity index (χ1) is 23.9. The van der Waals surface area contributed by atoms with E-state index in [4.69, 9.17) is 4.74 Å². The molecule has 0 saturated heterocycles. The van der Waals surface area contributed by atoms with Gasteiger partial charge in [-0.25, -0.2) is 21.6 Å². The van der Waals surface area contributed by atoms with E-state index in [1.54, 1.807) is 51.1 Å². The Hall–Kier alpha value is -5.09. The Morgan fingerprint density at radius 3 is 2.22 bits per heavy atom. The summed E-state index contributed by atoms with van der Waals surface area (Å²) in [6.45, 7) is 4.12. The lowest BCUT2D eigenvalue weighted by Gasteiger charge is -2.31. The quantitative estimate of drug-likeness (QED) is 0.202. The summed E-state index contributed by atoms with van der Waals surface area (Å²) >= 11 is 0. The number of benzene rings is 4. The van der Waals surface area contributed by atoms with E-state index < -0.39 is 61.1 Å². The number of carboxylic acids is 1. The molecule has 0 aromatic heterocycles. The number of nitrogens with one attached hydrogen (secondary N) is 1. The smallest absolute Gasteiger partial charge is 0.417 e. The van der Waals surface area contributed by atoms with Crippen LogP contribution in [0.2, 0.25) is 0 Å². The highest BCUT2D eigenvalue weighted by Gasteiger charge is 2.41. The van der Waals surface area contributed by atoms with Gasteiger partial charge in [0.05, 0.1) is 28.2 Å². The van der Waals surface area contributed by atoms with Gasteiger partial charge in [0.15, 0.2) is 0 Å². The Kier molecular flexibility index (Phi) is 10.1. The third kappa shape index (κ3) is 7.37. The minimum absolute atomic E-state index is 0.0182. The molecule has 1 aliphatic rings. The first-order valence-corrected chi connectivity index (χ1v) is 18.4. The monoisotopic (exact) mass is 745 g/mol. The third-order valence-electron chi connectivity index (χ3n) is 8.43. The minimum Gasteiger partial charge on any atom is -0.497 e. The number of nitrogens with zero attached hydrogens (tertiary/aromatic N) is 2. The summed E-state index contributed by atoms with van der Waals surface area (Å²) in [4.78, 5) is 26.5. The highest BCUT2D eigenvalue weighted by Crippen LogP contribution is 2.43. The molecule has 2 N–H and O–H groups in total. The summed E-state index contributed by atoms with van der Waals surface area (Å²) in [7, 11) is -8.17. The zero-order chi connectivity index (χ0) is 37.5. The molecule has 4 aromatic carbocycles. The standard InChI is InChI=1S/C35H34F3N3O8S2/c1-21-17-22(2)33(23(3)18-21)51(47,48)41(20-31(42)43)29-13-8-12-28-26(29)15-16-40(28)32(24-9-7-10-25(19-24)49-4)34(44)39-50(45,46)30-14-6-5-11-27(30)35(36,37)38/h5-14,17-19,32H,15-16,20H2,1-4H3,(H,39,44)(H,42,43). The molecule has 0 bridgehead atoms. The van der Waals surface area contributed by atoms with E-state index in [-0.39, 0.29) is 34.8 Å². The molecule has 0 saturated carbocycles. The molecule has 1 heterocycles. The van der Waals surface area contributed by atoms with E-state index in [0.29, 0.717) is 28.5 Å². The normalized spacial score (nSPS) is 13.7. The zero-order valence-electron chi connectivity index (χ0n) is 27.9. The molecule has 270 valence electrons. The van der Waals surface area contributed by atoms with Crippen molar-refractivity contribution < 1.29 is 49.4 Å². The maximum Gasteiger partial charge on any atom is 0.417 e. The first-order valence-electron chi connectivity index (χ1n) is 15.4. The molecule has 0 fully saturated rings. The molecule has 0 radical (unpaired) electrons. The number of sulfonamides is 2. The zero-order valence-corrected chi connectivity index (χ0v) is 29.5. The predicted molar refractivity (Wildman–Crippen MR) is 183 cm³/mol. The van der Waals surface area contributed by atoms with Crippen LogP contribution in [0, 0.1) is 20.8 Å². The van der Waals surface area contributed by atoms with Crippen LogP contribution in [0.4, 0.5) is 24.5 Å². The molecule has 1 amide bonds. The van der Waals surface area contributed by atoms with Crippen molar-refractivity contribution in [2.75, 3.05) is 29.4 Å². The largest absolute Gasteiger partial charge is 0.497 e. The molecule has 0 aliphatic carbocycles. The Labute approximate surface area is 293 Å². The molecular weight excluding hydrogens is 712 g/mol. The lowest BCUT2D eigenvalue weighted by molar-refractivity contribution is -0.140. The third-order valence-corrected chi connectivity index (χ3v) is 11.9. The molecule has 16 heteroatoms. The van der Waals surface area contributed by atoms with Crippen molar-refractivity contribution in [3.05, 3.63) is 112 Å². The number of methoxy groups -OCH3 is 1. The van der Waals surface area contributed by atoms with Crippen LogP contribution < -0.4 is 18.7 Å². The maximum atomic E-state index is 14.3. The summed E-state index contributed by atoms with van der Waals surface area (Å²) in [5.41, 5.74) is 1.08. The fourth-order valence-corrected chi connectivity index (χ4v) is 9.59. The van der Waals surface area contributed by atoms with Gasteiger partial charge in [0.25, 0.3) is 26.0 Å². The summed E-state index contributed by atoms with van der Waals surface area (Å²) < 4.78 is 105. The van der Waals surface area contributed by atoms with Crippen LogP contribution in [0.5, 0.6) is 5.75 Å². The van der Waals surface area contributed by atoms with Gasteiger partial charge in [0.2, 0.25) is 0 Å². The van der Waals surface area contributed by atoms with Gasteiger partial charge < -0.3 is 14.7 Å². The van der Waals surface area contributed by atoms with Crippen molar-refractivity contribution >= 4 is 43.3 Å². The van der Waals surface area contributed by atoms with Crippen LogP contribution in [0.1, 0.15) is 39.4 Å². The van der Waals surface area contributed by atoms with E-state index >= 15 is 0 Å². The molecule has 0 spiro atoms. The average Bonchev–Trinajstić information content (AvgIpc) is 3.46. The molecule has 1 atom stereocenters. The van der Waals surface area contributed by atoms with Crippen molar-refractivity contribution in [2.45, 2.75) is 49.2 Å². The lowest BCUT2D eigenvalue weighted by atomic mass is 10.0. The number of halogens is 3. The van der Waals surface area contributed by atoms with Gasteiger partial charge in [-0.2, -0.15) is 13.2 Å². The molecule has 1 aliphatic heterocycles. The van der Waals surface area contributed by atoms with Crippen LogP contribution in [0.3, 0.4) is 0 Å². The minimum atomic E-state index is -5.08. The Morgan fingerprint density at radius 2 is 1.59 bits per heavy atom. The molecule has 51 heavy (non-hydrogen) atoms. The summed E-state index contributed by atoms with van der Waals surface area (Å²) in [6.07, 6.45) is -4.94. The SMILES string of the molecule is COc1cccc(C(C(=O)NS(=O)(=O)c2ccccc2C(F)(F)F)N2CCc3c2cccc3N(CC(=O)O)S(=O)(=O)c2c(C)cc(C)cc2C)c1. The number of alkyl halides is 3. The lowest BCUT2D eigenvalue weighted by Crippen LogP contribution is -2.42. The van der Waals surface area contributed by atoms with Gasteiger partial charge in [-0.1, -0.05) is 48.0 Å². The van der Waals surface area contributed by atoms with Gasteiger partial charge in [0.1, 0.15) is 18.3 Å². The number of aryl methyl sites for hydroxylation is 3. The summed E-state index contributed by atoms with van der Waals surface area (Å²) in [5.74, 6) is -2.32. The highest BCUT2D eigenvalue weighted by atomic mass is 32.2. The number of amides is 1. The topological polar surface area (TPSA) is 150 Å². The van der Waals surface area contributed by atoms with Crippen LogP contribution >= 0.6 is 0 Å². The van der Waals surface area contributed by atoms with Crippen molar-refractivity contribution in [2.24, 2.45) is 0 Å². The van der Waals surface area contributed by atoms with E-state index in [1.807, 2.05) is 4.72 Å². The number of rotatable bonds is 11. The molecule has 5 rings (SSSR count). The fraction of sp³-hybridized carbons (Fsp3) is 0.257. The summed E-state index contributed by atoms with van der Waals surface area (Å²) in [6, 6.07) is 15.9. The van der Waals surface area contributed by atoms with E-state index in [1.165, 1.54) is 36.3 Å². The van der Waals surface area contributed by atoms with E-state index in [2.05, 4.69) is 0 Å². The number of aliphatic carboxylic acids is 1. The van der Waals surface area contributed by atoms with Crippen molar-refractivity contribution in [1.82, 2.24) is 4.72 Å². The molecule has 11 nitrogen and oxygen atoms in total. The van der Waals surface area contributed by atoms with Crippen molar-refractivity contribution in [3.63, 3.8) is 0 Å². The maximum absolute atomic E-state index is 14.3. The number of hydrogen-bond acceptors (Lipinski definition) is 8. The summed E-state index contributed by atoms with van der Waals surface area (Å²) in [5, 5.41) is 9.86. The van der Waals surface area contributed by atoms with Gasteiger partial charge in [-0.05, 0) is 80.3 Å². The number of anilines is 2. The number of carboxylic acid groups (broad SMARTS) is 1.